The van der Waals surface area contributed by atoms with Crippen molar-refractivity contribution in [2.24, 2.45) is 0 Å². The molecule has 2 aromatic carbocycles. The molecule has 27 heavy (non-hydrogen) atoms. The van der Waals surface area contributed by atoms with Crippen molar-refractivity contribution in [1.82, 2.24) is 9.88 Å². The summed E-state index contributed by atoms with van der Waals surface area (Å²) in [4.78, 5) is 19.1. The maximum Gasteiger partial charge on any atom is 0.258 e. The maximum atomic E-state index is 13.2. The van der Waals surface area contributed by atoms with Crippen molar-refractivity contribution in [1.29, 1.82) is 0 Å². The van der Waals surface area contributed by atoms with Crippen molar-refractivity contribution < 1.29 is 9.18 Å². The summed E-state index contributed by atoms with van der Waals surface area (Å²) in [5, 5.41) is 3.43. The monoisotopic (exact) mass is 361 g/mol. The summed E-state index contributed by atoms with van der Waals surface area (Å²) in [5.41, 5.74) is 4.36. The number of carbonyl (C=O) groups excluding carboxylic acids is 1. The van der Waals surface area contributed by atoms with E-state index in [4.69, 9.17) is 0 Å². The summed E-state index contributed by atoms with van der Waals surface area (Å²) in [6.45, 7) is 2.49. The first-order valence-corrected chi connectivity index (χ1v) is 9.01. The van der Waals surface area contributed by atoms with Gasteiger partial charge in [-0.1, -0.05) is 31.2 Å². The van der Waals surface area contributed by atoms with E-state index in [0.717, 1.165) is 17.7 Å². The minimum absolute atomic E-state index is 0.0786. The number of nitrogens with zero attached hydrogens (tertiary/aromatic N) is 2. The summed E-state index contributed by atoms with van der Waals surface area (Å²) in [5.74, 6) is -0.368. The molecule has 0 aliphatic carbocycles. The molecule has 1 aromatic heterocycles. The van der Waals surface area contributed by atoms with E-state index in [2.05, 4.69) is 29.4 Å². The van der Waals surface area contributed by atoms with E-state index in [1.165, 1.54) is 17.7 Å². The van der Waals surface area contributed by atoms with Gasteiger partial charge in [0.25, 0.3) is 5.91 Å². The molecule has 0 saturated carbocycles. The first kappa shape index (κ1) is 17.2. The zero-order valence-corrected chi connectivity index (χ0v) is 15.0. The highest BCUT2D eigenvalue weighted by Gasteiger charge is 2.37. The molecule has 3 aromatic rings. The van der Waals surface area contributed by atoms with E-state index < -0.39 is 0 Å². The number of anilines is 1. The molecule has 0 unspecified atom stereocenters. The van der Waals surface area contributed by atoms with Crippen molar-refractivity contribution in [3.05, 3.63) is 95.1 Å². The molecule has 2 heterocycles. The third kappa shape index (κ3) is 3.40. The smallest absolute Gasteiger partial charge is 0.258 e. The number of rotatable bonds is 5. The molecule has 1 aliphatic heterocycles. The van der Waals surface area contributed by atoms with Crippen LogP contribution in [0.25, 0.3) is 0 Å². The van der Waals surface area contributed by atoms with Crippen LogP contribution < -0.4 is 5.32 Å². The van der Waals surface area contributed by atoms with Gasteiger partial charge >= 0.3 is 0 Å². The van der Waals surface area contributed by atoms with Crippen molar-refractivity contribution in [2.45, 2.75) is 26.1 Å². The van der Waals surface area contributed by atoms with Gasteiger partial charge in [-0.25, -0.2) is 4.39 Å². The number of hydrogen-bond donors (Lipinski definition) is 1. The molecule has 0 bridgehead atoms. The van der Waals surface area contributed by atoms with E-state index in [9.17, 15) is 9.18 Å². The Morgan fingerprint density at radius 1 is 1.04 bits per heavy atom. The third-order valence-corrected chi connectivity index (χ3v) is 4.83. The van der Waals surface area contributed by atoms with E-state index in [-0.39, 0.29) is 17.9 Å². The molecule has 1 N–H and O–H groups in total. The largest absolute Gasteiger partial charge is 0.360 e. The van der Waals surface area contributed by atoms with Crippen molar-refractivity contribution in [2.75, 3.05) is 5.32 Å². The van der Waals surface area contributed by atoms with Gasteiger partial charge in [-0.15, -0.1) is 0 Å². The second-order valence-electron chi connectivity index (χ2n) is 6.59. The summed E-state index contributed by atoms with van der Waals surface area (Å²) in [6.07, 6.45) is 2.30. The van der Waals surface area contributed by atoms with Crippen LogP contribution in [-0.4, -0.2) is 15.8 Å². The third-order valence-electron chi connectivity index (χ3n) is 4.83. The average Bonchev–Trinajstić information content (AvgIpc) is 2.96. The summed E-state index contributed by atoms with van der Waals surface area (Å²) in [7, 11) is 0. The molecule has 136 valence electrons. The Morgan fingerprint density at radius 2 is 1.74 bits per heavy atom. The van der Waals surface area contributed by atoms with E-state index in [1.54, 1.807) is 35.4 Å². The first-order chi connectivity index (χ1) is 13.2. The molecule has 1 amide bonds. The van der Waals surface area contributed by atoms with Gasteiger partial charge < -0.3 is 10.2 Å². The number of carbonyl (C=O) groups is 1. The average molecular weight is 361 g/mol. The lowest BCUT2D eigenvalue weighted by Gasteiger charge is -2.26. The van der Waals surface area contributed by atoms with E-state index >= 15 is 0 Å². The van der Waals surface area contributed by atoms with Gasteiger partial charge in [0.1, 0.15) is 12.0 Å². The Bertz CT molecular complexity index is 954. The van der Waals surface area contributed by atoms with Crippen molar-refractivity contribution >= 4 is 11.6 Å². The summed E-state index contributed by atoms with van der Waals surface area (Å²) < 4.78 is 13.2. The topological polar surface area (TPSA) is 45.2 Å². The minimum atomic E-state index is -0.369. The second-order valence-corrected chi connectivity index (χ2v) is 6.59. The standard InChI is InChI=1S/C22H20FN3O/c1-2-15-7-11-18(12-8-15)25-21-20-19(4-3-13-24-20)22(27)26(21)14-16-5-9-17(23)10-6-16/h3-13,21,25H,2,14H2,1H3/t21-/m0/s1. The Morgan fingerprint density at radius 3 is 2.44 bits per heavy atom. The number of benzene rings is 2. The highest BCUT2D eigenvalue weighted by molar-refractivity contribution is 5.98. The molecule has 1 aliphatic rings. The number of aryl methyl sites for hydroxylation is 1. The van der Waals surface area contributed by atoms with Crippen LogP contribution in [0, 0.1) is 5.82 Å². The summed E-state index contributed by atoms with van der Waals surface area (Å²) in [6, 6.07) is 18.0. The van der Waals surface area contributed by atoms with Crippen LogP contribution >= 0.6 is 0 Å². The van der Waals surface area contributed by atoms with Crippen molar-refractivity contribution in [3.8, 4) is 0 Å². The number of nitrogens with one attached hydrogen (secondary N) is 1. The lowest BCUT2D eigenvalue weighted by atomic mass is 10.1. The van der Waals surface area contributed by atoms with E-state index in [0.29, 0.717) is 17.8 Å². The van der Waals surface area contributed by atoms with Crippen LogP contribution in [0.1, 0.15) is 40.3 Å². The number of halogens is 1. The van der Waals surface area contributed by atoms with Crippen molar-refractivity contribution in [3.63, 3.8) is 0 Å². The Hall–Kier alpha value is -3.21. The molecule has 0 radical (unpaired) electrons. The first-order valence-electron chi connectivity index (χ1n) is 9.01. The SMILES string of the molecule is CCc1ccc(N[C@@H]2c3ncccc3C(=O)N2Cc2ccc(F)cc2)cc1. The van der Waals surface area contributed by atoms with Crippen LogP contribution in [0.5, 0.6) is 0 Å². The number of fused-ring (bicyclic) bond motifs is 1. The molecular weight excluding hydrogens is 341 g/mol. The van der Waals surface area contributed by atoms with Gasteiger partial charge in [0, 0.05) is 18.4 Å². The van der Waals surface area contributed by atoms with E-state index in [1.807, 2.05) is 12.1 Å². The van der Waals surface area contributed by atoms with Gasteiger partial charge in [0.15, 0.2) is 0 Å². The highest BCUT2D eigenvalue weighted by Crippen LogP contribution is 2.34. The molecule has 1 atom stereocenters. The lowest BCUT2D eigenvalue weighted by molar-refractivity contribution is 0.0728. The molecule has 0 fully saturated rings. The van der Waals surface area contributed by atoms with Crippen LogP contribution in [0.3, 0.4) is 0 Å². The van der Waals surface area contributed by atoms with Crippen LogP contribution in [0.15, 0.2) is 66.9 Å². The molecule has 4 rings (SSSR count). The molecule has 0 saturated heterocycles. The molecule has 4 nitrogen and oxygen atoms in total. The molecule has 5 heteroatoms. The Kier molecular flexibility index (Phi) is 4.59. The number of aromatic nitrogens is 1. The highest BCUT2D eigenvalue weighted by atomic mass is 19.1. The fourth-order valence-corrected chi connectivity index (χ4v) is 3.33. The fraction of sp³-hybridized carbons (Fsp3) is 0.182. The number of hydrogen-bond acceptors (Lipinski definition) is 3. The van der Waals surface area contributed by atoms with Gasteiger partial charge in [-0.05, 0) is 53.9 Å². The second kappa shape index (κ2) is 7.19. The predicted octanol–water partition coefficient (Wildman–Crippen LogP) is 4.55. The maximum absolute atomic E-state index is 13.2. The predicted molar refractivity (Wildman–Crippen MR) is 103 cm³/mol. The van der Waals surface area contributed by atoms with Crippen LogP contribution in [-0.2, 0) is 13.0 Å². The quantitative estimate of drug-likeness (QED) is 0.725. The minimum Gasteiger partial charge on any atom is -0.360 e. The number of amides is 1. The zero-order chi connectivity index (χ0) is 18.8. The fourth-order valence-electron chi connectivity index (χ4n) is 3.33. The van der Waals surface area contributed by atoms with Crippen LogP contribution in [0.4, 0.5) is 10.1 Å². The zero-order valence-electron chi connectivity index (χ0n) is 15.0. The lowest BCUT2D eigenvalue weighted by Crippen LogP contribution is -2.32. The summed E-state index contributed by atoms with van der Waals surface area (Å²) >= 11 is 0. The number of pyridine rings is 1. The van der Waals surface area contributed by atoms with Gasteiger partial charge in [-0.3, -0.25) is 9.78 Å². The van der Waals surface area contributed by atoms with Gasteiger partial charge in [0.2, 0.25) is 0 Å². The Balaban J connectivity index is 1.65. The molecular formula is C22H20FN3O. The van der Waals surface area contributed by atoms with Gasteiger partial charge in [0.05, 0.1) is 11.3 Å². The Labute approximate surface area is 157 Å². The van der Waals surface area contributed by atoms with Gasteiger partial charge in [-0.2, -0.15) is 0 Å². The molecule has 0 spiro atoms. The van der Waals surface area contributed by atoms with Crippen LogP contribution in [0.2, 0.25) is 0 Å². The normalized spacial score (nSPS) is 15.7.